The topological polar surface area (TPSA) is 28.7 Å². The summed E-state index contributed by atoms with van der Waals surface area (Å²) in [6.07, 6.45) is 1.88. The number of pyridine rings is 1. The van der Waals surface area contributed by atoms with Gasteiger partial charge in [0, 0.05) is 22.8 Å². The molecule has 2 heteroatoms. The molecule has 2 heterocycles. The van der Waals surface area contributed by atoms with Gasteiger partial charge in [-0.25, -0.2) is 0 Å². The monoisotopic (exact) mass is 346 g/mol. The first kappa shape index (κ1) is 15.6. The molecule has 0 fully saturated rings. The van der Waals surface area contributed by atoms with Gasteiger partial charge in [-0.2, -0.15) is 0 Å². The highest BCUT2D eigenvalue weighted by molar-refractivity contribution is 5.98. The lowest BCUT2D eigenvalue weighted by molar-refractivity contribution is 1.30. The summed E-state index contributed by atoms with van der Waals surface area (Å²) >= 11 is 0. The molecule has 0 aliphatic carbocycles. The summed E-state index contributed by atoms with van der Waals surface area (Å²) in [5, 5.41) is 2.34. The van der Waals surface area contributed by atoms with Crippen molar-refractivity contribution in [2.45, 2.75) is 0 Å². The normalized spacial score (nSPS) is 11.0. The number of rotatable bonds is 3. The van der Waals surface area contributed by atoms with E-state index in [9.17, 15) is 0 Å². The summed E-state index contributed by atoms with van der Waals surface area (Å²) < 4.78 is 0. The van der Waals surface area contributed by atoms with Gasteiger partial charge in [-0.05, 0) is 28.6 Å². The second kappa shape index (κ2) is 6.58. The van der Waals surface area contributed by atoms with Gasteiger partial charge in [0.1, 0.15) is 0 Å². The fraction of sp³-hybridized carbons (Fsp3) is 0. The standard InChI is InChI=1S/C25H18N2/c1-3-9-18(10-4-1)22-17-23(20-12-5-2-6-13-20)27-25(22)24-21-14-8-7-11-19(21)15-16-26-24/h1-17,27H. The lowest BCUT2D eigenvalue weighted by atomic mass is 10.0. The lowest BCUT2D eigenvalue weighted by Gasteiger charge is -2.07. The minimum absolute atomic E-state index is 0.981. The molecule has 5 rings (SSSR count). The SMILES string of the molecule is c1ccc(-c2cc(-c3ccccc3)c(-c3nccc4ccccc34)[nH]2)cc1. The van der Waals surface area contributed by atoms with Crippen LogP contribution in [0, 0.1) is 0 Å². The summed E-state index contributed by atoms with van der Waals surface area (Å²) in [6.45, 7) is 0. The van der Waals surface area contributed by atoms with Crippen LogP contribution in [0.25, 0.3) is 44.5 Å². The lowest BCUT2D eigenvalue weighted by Crippen LogP contribution is -1.89. The van der Waals surface area contributed by atoms with Crippen LogP contribution in [0.5, 0.6) is 0 Å². The summed E-state index contributed by atoms with van der Waals surface area (Å²) in [5.41, 5.74) is 6.64. The van der Waals surface area contributed by atoms with Crippen LogP contribution in [0.15, 0.2) is 103 Å². The Morgan fingerprint density at radius 2 is 1.30 bits per heavy atom. The number of aromatic amines is 1. The molecule has 0 atom stereocenters. The van der Waals surface area contributed by atoms with Crippen molar-refractivity contribution < 1.29 is 0 Å². The van der Waals surface area contributed by atoms with E-state index in [1.165, 1.54) is 22.1 Å². The van der Waals surface area contributed by atoms with E-state index < -0.39 is 0 Å². The average molecular weight is 346 g/mol. The molecule has 0 radical (unpaired) electrons. The minimum atomic E-state index is 0.981. The zero-order valence-electron chi connectivity index (χ0n) is 14.8. The molecule has 0 saturated carbocycles. The van der Waals surface area contributed by atoms with E-state index >= 15 is 0 Å². The Balaban J connectivity index is 1.79. The summed E-state index contributed by atoms with van der Waals surface area (Å²) in [7, 11) is 0. The number of H-pyrrole nitrogens is 1. The van der Waals surface area contributed by atoms with Gasteiger partial charge in [0.2, 0.25) is 0 Å². The van der Waals surface area contributed by atoms with E-state index in [0.717, 1.165) is 22.5 Å². The molecule has 27 heavy (non-hydrogen) atoms. The van der Waals surface area contributed by atoms with Crippen molar-refractivity contribution in [1.29, 1.82) is 0 Å². The molecule has 3 aromatic carbocycles. The van der Waals surface area contributed by atoms with E-state index in [2.05, 4.69) is 89.9 Å². The number of nitrogens with one attached hydrogen (secondary N) is 1. The average Bonchev–Trinajstić information content (AvgIpc) is 3.20. The molecular weight excluding hydrogens is 328 g/mol. The maximum atomic E-state index is 4.74. The van der Waals surface area contributed by atoms with Gasteiger partial charge in [-0.15, -0.1) is 0 Å². The molecule has 1 N–H and O–H groups in total. The van der Waals surface area contributed by atoms with E-state index in [-0.39, 0.29) is 0 Å². The van der Waals surface area contributed by atoms with Crippen LogP contribution >= 0.6 is 0 Å². The molecule has 2 nitrogen and oxygen atoms in total. The molecule has 0 unspecified atom stereocenters. The van der Waals surface area contributed by atoms with Gasteiger partial charge in [-0.1, -0.05) is 84.9 Å². The Bertz CT molecular complexity index is 1200. The predicted molar refractivity (Wildman–Crippen MR) is 112 cm³/mol. The molecule has 0 spiro atoms. The van der Waals surface area contributed by atoms with E-state index in [4.69, 9.17) is 4.98 Å². The number of hydrogen-bond donors (Lipinski definition) is 1. The van der Waals surface area contributed by atoms with E-state index in [0.29, 0.717) is 0 Å². The Hall–Kier alpha value is -3.65. The van der Waals surface area contributed by atoms with E-state index in [1.807, 2.05) is 18.3 Å². The molecule has 128 valence electrons. The quantitative estimate of drug-likeness (QED) is 0.393. The third-order valence-electron chi connectivity index (χ3n) is 4.90. The largest absolute Gasteiger partial charge is 0.353 e. The zero-order chi connectivity index (χ0) is 18.1. The van der Waals surface area contributed by atoms with Crippen LogP contribution in [0.3, 0.4) is 0 Å². The fourth-order valence-corrected chi connectivity index (χ4v) is 3.58. The van der Waals surface area contributed by atoms with Crippen molar-refractivity contribution in [2.24, 2.45) is 0 Å². The Kier molecular flexibility index (Phi) is 3.80. The Morgan fingerprint density at radius 3 is 2.07 bits per heavy atom. The van der Waals surface area contributed by atoms with Crippen LogP contribution < -0.4 is 0 Å². The van der Waals surface area contributed by atoms with E-state index in [1.54, 1.807) is 0 Å². The van der Waals surface area contributed by atoms with Crippen LogP contribution in [0.2, 0.25) is 0 Å². The van der Waals surface area contributed by atoms with Crippen molar-refractivity contribution in [3.63, 3.8) is 0 Å². The highest BCUT2D eigenvalue weighted by atomic mass is 14.8. The molecule has 0 aliphatic heterocycles. The molecule has 0 amide bonds. The zero-order valence-corrected chi connectivity index (χ0v) is 14.8. The second-order valence-electron chi connectivity index (χ2n) is 6.58. The van der Waals surface area contributed by atoms with Gasteiger partial charge < -0.3 is 4.98 Å². The number of benzene rings is 3. The third-order valence-corrected chi connectivity index (χ3v) is 4.90. The van der Waals surface area contributed by atoms with Gasteiger partial charge in [0.15, 0.2) is 0 Å². The van der Waals surface area contributed by atoms with Crippen molar-refractivity contribution in [3.8, 4) is 33.8 Å². The number of fused-ring (bicyclic) bond motifs is 1. The van der Waals surface area contributed by atoms with Crippen LogP contribution in [0.4, 0.5) is 0 Å². The Labute approximate surface area is 158 Å². The smallest absolute Gasteiger partial charge is 0.0949 e. The van der Waals surface area contributed by atoms with Crippen molar-refractivity contribution in [2.75, 3.05) is 0 Å². The number of aromatic nitrogens is 2. The van der Waals surface area contributed by atoms with Crippen LogP contribution in [-0.4, -0.2) is 9.97 Å². The molecule has 5 aromatic rings. The first-order valence-corrected chi connectivity index (χ1v) is 9.08. The third kappa shape index (κ3) is 2.81. The number of nitrogens with zero attached hydrogens (tertiary/aromatic N) is 1. The highest BCUT2D eigenvalue weighted by Gasteiger charge is 2.16. The van der Waals surface area contributed by atoms with Crippen molar-refractivity contribution >= 4 is 10.8 Å². The maximum Gasteiger partial charge on any atom is 0.0949 e. The van der Waals surface area contributed by atoms with Crippen molar-refractivity contribution in [1.82, 2.24) is 9.97 Å². The summed E-state index contributed by atoms with van der Waals surface area (Å²) in [6, 6.07) is 33.6. The van der Waals surface area contributed by atoms with Crippen LogP contribution in [-0.2, 0) is 0 Å². The van der Waals surface area contributed by atoms with Gasteiger partial charge in [0.05, 0.1) is 11.4 Å². The summed E-state index contributed by atoms with van der Waals surface area (Å²) in [5.74, 6) is 0. The first-order valence-electron chi connectivity index (χ1n) is 9.08. The fourth-order valence-electron chi connectivity index (χ4n) is 3.58. The molecular formula is C25H18N2. The van der Waals surface area contributed by atoms with Crippen LogP contribution in [0.1, 0.15) is 0 Å². The molecule has 2 aromatic heterocycles. The van der Waals surface area contributed by atoms with Gasteiger partial charge in [-0.3, -0.25) is 4.98 Å². The predicted octanol–water partition coefficient (Wildman–Crippen LogP) is 6.56. The molecule has 0 bridgehead atoms. The van der Waals surface area contributed by atoms with Crippen molar-refractivity contribution in [3.05, 3.63) is 103 Å². The van der Waals surface area contributed by atoms with Gasteiger partial charge >= 0.3 is 0 Å². The highest BCUT2D eigenvalue weighted by Crippen LogP contribution is 2.37. The second-order valence-corrected chi connectivity index (χ2v) is 6.58. The molecule has 0 saturated heterocycles. The Morgan fingerprint density at radius 1 is 0.630 bits per heavy atom. The minimum Gasteiger partial charge on any atom is -0.353 e. The molecule has 0 aliphatic rings. The summed E-state index contributed by atoms with van der Waals surface area (Å²) in [4.78, 5) is 8.38. The maximum absolute atomic E-state index is 4.74. The first-order chi connectivity index (χ1) is 13.4. The van der Waals surface area contributed by atoms with Gasteiger partial charge in [0.25, 0.3) is 0 Å². The number of hydrogen-bond acceptors (Lipinski definition) is 1.